The third-order valence-electron chi connectivity index (χ3n) is 1.63. The van der Waals surface area contributed by atoms with Crippen LogP contribution in [0.4, 0.5) is 0 Å². The third kappa shape index (κ3) is 5.51. The molecular formula is C12H18O2. The molecule has 0 aliphatic heterocycles. The molecule has 78 valence electrons. The number of rotatable bonds is 9. The average molecular weight is 194 g/mol. The van der Waals surface area contributed by atoms with Crippen molar-refractivity contribution in [2.75, 3.05) is 0 Å². The van der Waals surface area contributed by atoms with E-state index in [4.69, 9.17) is 9.78 Å². The van der Waals surface area contributed by atoms with Crippen molar-refractivity contribution in [3.8, 4) is 0 Å². The predicted octanol–water partition coefficient (Wildman–Crippen LogP) is 3.20. The van der Waals surface area contributed by atoms with E-state index in [1.807, 2.05) is 0 Å². The monoisotopic (exact) mass is 194 g/mol. The number of hydrogen-bond donors (Lipinski definition) is 0. The Morgan fingerprint density at radius 3 is 1.36 bits per heavy atom. The fourth-order valence-electron chi connectivity index (χ4n) is 0.821. The van der Waals surface area contributed by atoms with Gasteiger partial charge in [-0.15, -0.1) is 26.3 Å². The van der Waals surface area contributed by atoms with E-state index in [1.165, 1.54) is 0 Å². The third-order valence-corrected chi connectivity index (χ3v) is 1.63. The molecule has 0 spiro atoms. The molecule has 2 heteroatoms. The Labute approximate surface area is 86.2 Å². The molecule has 0 heterocycles. The van der Waals surface area contributed by atoms with Crippen LogP contribution in [0.5, 0.6) is 0 Å². The summed E-state index contributed by atoms with van der Waals surface area (Å²) in [5.74, 6) is 0. The van der Waals surface area contributed by atoms with Crippen LogP contribution in [-0.4, -0.2) is 12.2 Å². The van der Waals surface area contributed by atoms with Gasteiger partial charge in [0.1, 0.15) is 12.2 Å². The highest BCUT2D eigenvalue weighted by Gasteiger charge is 2.07. The Bertz CT molecular complexity index is 174. The molecule has 0 fully saturated rings. The molecule has 2 nitrogen and oxygen atoms in total. The molecule has 0 rings (SSSR count). The second-order valence-corrected chi connectivity index (χ2v) is 2.79. The van der Waals surface area contributed by atoms with Gasteiger partial charge in [0.25, 0.3) is 0 Å². The Morgan fingerprint density at radius 1 is 0.786 bits per heavy atom. The van der Waals surface area contributed by atoms with Crippen LogP contribution in [0.15, 0.2) is 50.6 Å². The van der Waals surface area contributed by atoms with E-state index in [-0.39, 0.29) is 12.2 Å². The van der Waals surface area contributed by atoms with Gasteiger partial charge in [0.05, 0.1) is 0 Å². The topological polar surface area (TPSA) is 18.5 Å². The lowest BCUT2D eigenvalue weighted by Crippen LogP contribution is -2.15. The second-order valence-electron chi connectivity index (χ2n) is 2.79. The summed E-state index contributed by atoms with van der Waals surface area (Å²) in [6, 6.07) is 0. The van der Waals surface area contributed by atoms with Crippen LogP contribution in [0.3, 0.4) is 0 Å². The van der Waals surface area contributed by atoms with E-state index in [0.717, 1.165) is 0 Å². The van der Waals surface area contributed by atoms with Crippen molar-refractivity contribution >= 4 is 0 Å². The van der Waals surface area contributed by atoms with Gasteiger partial charge in [-0.25, -0.2) is 9.78 Å². The summed E-state index contributed by atoms with van der Waals surface area (Å²) in [4.78, 5) is 10.3. The lowest BCUT2D eigenvalue weighted by Gasteiger charge is -2.14. The Hall–Kier alpha value is -1.12. The van der Waals surface area contributed by atoms with Crippen molar-refractivity contribution in [1.29, 1.82) is 0 Å². The van der Waals surface area contributed by atoms with Crippen LogP contribution in [0.25, 0.3) is 0 Å². The predicted molar refractivity (Wildman–Crippen MR) is 59.8 cm³/mol. The summed E-state index contributed by atoms with van der Waals surface area (Å²) in [5, 5.41) is 0. The maximum absolute atomic E-state index is 5.13. The van der Waals surface area contributed by atoms with Gasteiger partial charge >= 0.3 is 0 Å². The first-order chi connectivity index (χ1) is 6.78. The molecule has 0 aliphatic rings. The van der Waals surface area contributed by atoms with Crippen LogP contribution >= 0.6 is 0 Å². The quantitative estimate of drug-likeness (QED) is 0.319. The number of hydrogen-bond acceptors (Lipinski definition) is 2. The molecular weight excluding hydrogens is 176 g/mol. The fourth-order valence-corrected chi connectivity index (χ4v) is 0.821. The lowest BCUT2D eigenvalue weighted by atomic mass is 10.2. The minimum atomic E-state index is -0.153. The lowest BCUT2D eigenvalue weighted by molar-refractivity contribution is -0.330. The Balaban J connectivity index is 3.85. The molecule has 14 heavy (non-hydrogen) atoms. The highest BCUT2D eigenvalue weighted by atomic mass is 17.2. The summed E-state index contributed by atoms with van der Waals surface area (Å²) in [5.41, 5.74) is 0. The standard InChI is InChI=1S/C12H18O2/c1-5-9-11(7-3)13-14-12(8-4)10-6-2/h5-8,11-12H,1-4,9-10H2. The zero-order valence-corrected chi connectivity index (χ0v) is 8.52. The summed E-state index contributed by atoms with van der Waals surface area (Å²) < 4.78 is 0. The normalized spacial score (nSPS) is 14.0. The highest BCUT2D eigenvalue weighted by molar-refractivity contribution is 4.87. The first kappa shape index (κ1) is 12.9. The fraction of sp³-hybridized carbons (Fsp3) is 0.333. The van der Waals surface area contributed by atoms with Crippen molar-refractivity contribution in [1.82, 2.24) is 0 Å². The first-order valence-electron chi connectivity index (χ1n) is 4.57. The van der Waals surface area contributed by atoms with E-state index in [2.05, 4.69) is 26.3 Å². The molecule has 0 aromatic rings. The Kier molecular flexibility index (Phi) is 7.80. The molecule has 0 saturated heterocycles. The van der Waals surface area contributed by atoms with Crippen LogP contribution in [0.2, 0.25) is 0 Å². The van der Waals surface area contributed by atoms with E-state index in [0.29, 0.717) is 12.8 Å². The smallest absolute Gasteiger partial charge is 0.114 e. The minimum Gasteiger partial charge on any atom is -0.228 e. The zero-order chi connectivity index (χ0) is 10.8. The van der Waals surface area contributed by atoms with E-state index < -0.39 is 0 Å². The van der Waals surface area contributed by atoms with E-state index >= 15 is 0 Å². The Morgan fingerprint density at radius 2 is 1.14 bits per heavy atom. The molecule has 0 aliphatic carbocycles. The zero-order valence-electron chi connectivity index (χ0n) is 8.52. The van der Waals surface area contributed by atoms with Crippen molar-refractivity contribution in [2.45, 2.75) is 25.0 Å². The van der Waals surface area contributed by atoms with E-state index in [1.54, 1.807) is 24.3 Å². The van der Waals surface area contributed by atoms with Gasteiger partial charge in [0.2, 0.25) is 0 Å². The van der Waals surface area contributed by atoms with Crippen LogP contribution in [0, 0.1) is 0 Å². The molecule has 0 aromatic carbocycles. The van der Waals surface area contributed by atoms with Gasteiger partial charge in [-0.2, -0.15) is 0 Å². The van der Waals surface area contributed by atoms with Gasteiger partial charge in [0, 0.05) is 0 Å². The van der Waals surface area contributed by atoms with Crippen molar-refractivity contribution < 1.29 is 9.78 Å². The SMILES string of the molecule is C=CCC(C=C)OOC(C=C)CC=C. The van der Waals surface area contributed by atoms with Crippen LogP contribution in [-0.2, 0) is 9.78 Å². The molecule has 0 aromatic heterocycles. The maximum Gasteiger partial charge on any atom is 0.114 e. The molecule has 0 N–H and O–H groups in total. The van der Waals surface area contributed by atoms with Crippen molar-refractivity contribution in [3.63, 3.8) is 0 Å². The molecule has 2 atom stereocenters. The van der Waals surface area contributed by atoms with Crippen LogP contribution < -0.4 is 0 Å². The highest BCUT2D eigenvalue weighted by Crippen LogP contribution is 2.07. The molecule has 0 bridgehead atoms. The largest absolute Gasteiger partial charge is 0.228 e. The van der Waals surface area contributed by atoms with Crippen molar-refractivity contribution in [3.05, 3.63) is 50.6 Å². The minimum absolute atomic E-state index is 0.153. The maximum atomic E-state index is 5.13. The molecule has 0 amide bonds. The first-order valence-corrected chi connectivity index (χ1v) is 4.57. The van der Waals surface area contributed by atoms with E-state index in [9.17, 15) is 0 Å². The van der Waals surface area contributed by atoms with Gasteiger partial charge in [-0.1, -0.05) is 24.3 Å². The van der Waals surface area contributed by atoms with Gasteiger partial charge in [-0.3, -0.25) is 0 Å². The van der Waals surface area contributed by atoms with Gasteiger partial charge in [-0.05, 0) is 12.8 Å². The van der Waals surface area contributed by atoms with Crippen LogP contribution in [0.1, 0.15) is 12.8 Å². The van der Waals surface area contributed by atoms with Gasteiger partial charge in [0.15, 0.2) is 0 Å². The summed E-state index contributed by atoms with van der Waals surface area (Å²) >= 11 is 0. The molecule has 0 radical (unpaired) electrons. The molecule has 2 unspecified atom stereocenters. The molecule has 0 saturated carbocycles. The summed E-state index contributed by atoms with van der Waals surface area (Å²) in [6.07, 6.45) is 7.92. The summed E-state index contributed by atoms with van der Waals surface area (Å²) in [6.45, 7) is 14.5. The summed E-state index contributed by atoms with van der Waals surface area (Å²) in [7, 11) is 0. The average Bonchev–Trinajstić information content (AvgIpc) is 2.22. The second kappa shape index (κ2) is 8.48. The van der Waals surface area contributed by atoms with Gasteiger partial charge < -0.3 is 0 Å². The van der Waals surface area contributed by atoms with Crippen molar-refractivity contribution in [2.24, 2.45) is 0 Å².